The number of benzene rings is 2. The summed E-state index contributed by atoms with van der Waals surface area (Å²) in [6, 6.07) is 14.0. The Balaban J connectivity index is 2.32. The zero-order valence-electron chi connectivity index (χ0n) is 11.6. The Labute approximate surface area is 114 Å². The second kappa shape index (κ2) is 5.76. The highest BCUT2D eigenvalue weighted by Gasteiger charge is 2.06. The lowest BCUT2D eigenvalue weighted by Crippen LogP contribution is -2.10. The molecule has 1 N–H and O–H groups in total. The molecule has 3 nitrogen and oxygen atoms in total. The number of hydrogen-bond acceptors (Lipinski definition) is 3. The van der Waals surface area contributed by atoms with E-state index in [9.17, 15) is 5.11 Å². The molecule has 0 aliphatic rings. The summed E-state index contributed by atoms with van der Waals surface area (Å²) in [6.07, 6.45) is 0. The Morgan fingerprint density at radius 1 is 1.11 bits per heavy atom. The summed E-state index contributed by atoms with van der Waals surface area (Å²) in [5.74, 6) is 0.841. The molecule has 0 unspecified atom stereocenters. The highest BCUT2D eigenvalue weighted by atomic mass is 16.5. The average molecular weight is 257 g/mol. The molecule has 19 heavy (non-hydrogen) atoms. The van der Waals surface area contributed by atoms with E-state index in [0.29, 0.717) is 0 Å². The molecule has 0 aliphatic carbocycles. The number of rotatable bonds is 4. The Morgan fingerprint density at radius 2 is 1.84 bits per heavy atom. The third-order valence-electron chi connectivity index (χ3n) is 3.32. The van der Waals surface area contributed by atoms with Gasteiger partial charge in [-0.25, -0.2) is 0 Å². The topological polar surface area (TPSA) is 32.7 Å². The molecule has 0 aromatic heterocycles. The van der Waals surface area contributed by atoms with Crippen LogP contribution in [0.3, 0.4) is 0 Å². The molecule has 2 aromatic carbocycles. The molecule has 0 saturated heterocycles. The van der Waals surface area contributed by atoms with Gasteiger partial charge in [0.1, 0.15) is 5.75 Å². The first kappa shape index (κ1) is 13.4. The normalized spacial score (nSPS) is 10.3. The summed E-state index contributed by atoms with van der Waals surface area (Å²) < 4.78 is 5.24. The van der Waals surface area contributed by atoms with Crippen molar-refractivity contribution >= 4 is 11.4 Å². The first-order valence-electron chi connectivity index (χ1n) is 6.24. The van der Waals surface area contributed by atoms with E-state index in [4.69, 9.17) is 4.74 Å². The second-order valence-electron chi connectivity index (χ2n) is 4.53. The quantitative estimate of drug-likeness (QED) is 0.912. The SMILES string of the molecule is COc1cccc(N(C)c2ccc(CO)c(C)c2)c1. The monoisotopic (exact) mass is 257 g/mol. The Kier molecular flexibility index (Phi) is 4.07. The summed E-state index contributed by atoms with van der Waals surface area (Å²) in [6.45, 7) is 2.09. The third kappa shape index (κ3) is 2.88. The zero-order valence-corrected chi connectivity index (χ0v) is 11.6. The van der Waals surface area contributed by atoms with E-state index in [1.165, 1.54) is 0 Å². The molecule has 0 spiro atoms. The maximum atomic E-state index is 9.20. The molecule has 100 valence electrons. The maximum absolute atomic E-state index is 9.20. The molecule has 0 radical (unpaired) electrons. The summed E-state index contributed by atoms with van der Waals surface area (Å²) in [7, 11) is 3.68. The number of ether oxygens (including phenoxy) is 1. The first-order chi connectivity index (χ1) is 9.15. The minimum atomic E-state index is 0.0784. The number of anilines is 2. The highest BCUT2D eigenvalue weighted by molar-refractivity contribution is 5.64. The van der Waals surface area contributed by atoms with E-state index in [2.05, 4.69) is 11.0 Å². The first-order valence-corrected chi connectivity index (χ1v) is 6.24. The van der Waals surface area contributed by atoms with E-state index in [1.807, 2.05) is 50.4 Å². The van der Waals surface area contributed by atoms with Crippen LogP contribution >= 0.6 is 0 Å². The second-order valence-corrected chi connectivity index (χ2v) is 4.53. The molecular weight excluding hydrogens is 238 g/mol. The van der Waals surface area contributed by atoms with Gasteiger partial charge in [0.05, 0.1) is 13.7 Å². The zero-order chi connectivity index (χ0) is 13.8. The van der Waals surface area contributed by atoms with Crippen LogP contribution in [0.25, 0.3) is 0 Å². The van der Waals surface area contributed by atoms with Crippen molar-refractivity contribution in [1.82, 2.24) is 0 Å². The molecule has 3 heteroatoms. The van der Waals surface area contributed by atoms with Gasteiger partial charge in [-0.05, 0) is 42.3 Å². The van der Waals surface area contributed by atoms with Gasteiger partial charge in [0, 0.05) is 24.5 Å². The molecule has 0 heterocycles. The van der Waals surface area contributed by atoms with Crippen LogP contribution in [0.1, 0.15) is 11.1 Å². The van der Waals surface area contributed by atoms with Gasteiger partial charge in [-0.1, -0.05) is 12.1 Å². The number of methoxy groups -OCH3 is 1. The number of aliphatic hydroxyl groups is 1. The van der Waals surface area contributed by atoms with Crippen molar-refractivity contribution in [2.24, 2.45) is 0 Å². The molecule has 0 aliphatic heterocycles. The van der Waals surface area contributed by atoms with Gasteiger partial charge in [0.25, 0.3) is 0 Å². The summed E-state index contributed by atoms with van der Waals surface area (Å²) >= 11 is 0. The van der Waals surface area contributed by atoms with Crippen LogP contribution in [0.5, 0.6) is 5.75 Å². The van der Waals surface area contributed by atoms with Crippen LogP contribution in [0, 0.1) is 6.92 Å². The van der Waals surface area contributed by atoms with E-state index in [0.717, 1.165) is 28.3 Å². The number of hydrogen-bond donors (Lipinski definition) is 1. The van der Waals surface area contributed by atoms with E-state index >= 15 is 0 Å². The molecule has 0 saturated carbocycles. The molecule has 0 fully saturated rings. The van der Waals surface area contributed by atoms with E-state index in [1.54, 1.807) is 7.11 Å². The van der Waals surface area contributed by atoms with Crippen LogP contribution in [-0.2, 0) is 6.61 Å². The van der Waals surface area contributed by atoms with Crippen molar-refractivity contribution in [2.45, 2.75) is 13.5 Å². The van der Waals surface area contributed by atoms with Crippen molar-refractivity contribution in [3.63, 3.8) is 0 Å². The third-order valence-corrected chi connectivity index (χ3v) is 3.32. The number of aliphatic hydroxyl groups excluding tert-OH is 1. The van der Waals surface area contributed by atoms with Gasteiger partial charge in [0.15, 0.2) is 0 Å². The van der Waals surface area contributed by atoms with Gasteiger partial charge in [0.2, 0.25) is 0 Å². The summed E-state index contributed by atoms with van der Waals surface area (Å²) in [5, 5.41) is 9.20. The summed E-state index contributed by atoms with van der Waals surface area (Å²) in [4.78, 5) is 2.09. The van der Waals surface area contributed by atoms with Gasteiger partial charge in [-0.3, -0.25) is 0 Å². The van der Waals surface area contributed by atoms with Crippen LogP contribution in [0.2, 0.25) is 0 Å². The Bertz CT molecular complexity index is 566. The number of nitrogens with zero attached hydrogens (tertiary/aromatic N) is 1. The fourth-order valence-corrected chi connectivity index (χ4v) is 2.03. The lowest BCUT2D eigenvalue weighted by Gasteiger charge is -2.21. The van der Waals surface area contributed by atoms with Crippen molar-refractivity contribution in [2.75, 3.05) is 19.1 Å². The van der Waals surface area contributed by atoms with Crippen LogP contribution in [0.15, 0.2) is 42.5 Å². The minimum absolute atomic E-state index is 0.0784. The Hall–Kier alpha value is -2.00. The smallest absolute Gasteiger partial charge is 0.120 e. The maximum Gasteiger partial charge on any atom is 0.120 e. The van der Waals surface area contributed by atoms with Crippen molar-refractivity contribution in [1.29, 1.82) is 0 Å². The van der Waals surface area contributed by atoms with Crippen molar-refractivity contribution < 1.29 is 9.84 Å². The predicted molar refractivity (Wildman–Crippen MR) is 78.2 cm³/mol. The molecular formula is C16H19NO2. The van der Waals surface area contributed by atoms with Gasteiger partial charge < -0.3 is 14.7 Å². The number of aryl methyl sites for hydroxylation is 1. The van der Waals surface area contributed by atoms with Gasteiger partial charge in [-0.15, -0.1) is 0 Å². The standard InChI is InChI=1S/C16H19NO2/c1-12-9-15(8-7-13(12)11-18)17(2)14-5-4-6-16(10-14)19-3/h4-10,18H,11H2,1-3H3. The van der Waals surface area contributed by atoms with Gasteiger partial charge in [-0.2, -0.15) is 0 Å². The largest absolute Gasteiger partial charge is 0.497 e. The van der Waals surface area contributed by atoms with Crippen LogP contribution < -0.4 is 9.64 Å². The van der Waals surface area contributed by atoms with E-state index in [-0.39, 0.29) is 6.61 Å². The van der Waals surface area contributed by atoms with Crippen LogP contribution in [0.4, 0.5) is 11.4 Å². The Morgan fingerprint density at radius 3 is 2.47 bits per heavy atom. The molecule has 0 amide bonds. The predicted octanol–water partition coefficient (Wildman–Crippen LogP) is 3.26. The fourth-order valence-electron chi connectivity index (χ4n) is 2.03. The van der Waals surface area contributed by atoms with Crippen molar-refractivity contribution in [3.8, 4) is 5.75 Å². The molecule has 0 atom stereocenters. The van der Waals surface area contributed by atoms with Crippen LogP contribution in [-0.4, -0.2) is 19.3 Å². The lowest BCUT2D eigenvalue weighted by atomic mass is 10.1. The van der Waals surface area contributed by atoms with E-state index < -0.39 is 0 Å². The fraction of sp³-hybridized carbons (Fsp3) is 0.250. The lowest BCUT2D eigenvalue weighted by molar-refractivity contribution is 0.281. The highest BCUT2D eigenvalue weighted by Crippen LogP contribution is 2.28. The molecule has 2 rings (SSSR count). The van der Waals surface area contributed by atoms with Crippen molar-refractivity contribution in [3.05, 3.63) is 53.6 Å². The average Bonchev–Trinajstić information content (AvgIpc) is 2.46. The summed E-state index contributed by atoms with van der Waals surface area (Å²) in [5.41, 5.74) is 4.20. The minimum Gasteiger partial charge on any atom is -0.497 e. The molecule has 2 aromatic rings. The molecule has 0 bridgehead atoms. The van der Waals surface area contributed by atoms with Gasteiger partial charge >= 0.3 is 0 Å².